The first-order valence-corrected chi connectivity index (χ1v) is 6.82. The van der Waals surface area contributed by atoms with Gasteiger partial charge in [0.25, 0.3) is 0 Å². The van der Waals surface area contributed by atoms with Gasteiger partial charge < -0.3 is 10.6 Å². The highest BCUT2D eigenvalue weighted by Crippen LogP contribution is 2.12. The van der Waals surface area contributed by atoms with E-state index in [9.17, 15) is 9.59 Å². The molecule has 2 rings (SSSR count). The Morgan fingerprint density at radius 3 is 2.55 bits per heavy atom. The van der Waals surface area contributed by atoms with Gasteiger partial charge in [0, 0.05) is 36.0 Å². The summed E-state index contributed by atoms with van der Waals surface area (Å²) in [4.78, 5) is 23.5. The average Bonchev–Trinajstić information content (AvgIpc) is 2.89. The molecule has 4 nitrogen and oxygen atoms in total. The van der Waals surface area contributed by atoms with E-state index in [2.05, 4.69) is 10.6 Å². The van der Waals surface area contributed by atoms with Crippen LogP contribution in [0, 0.1) is 0 Å². The molecule has 1 amide bonds. The van der Waals surface area contributed by atoms with Crippen molar-refractivity contribution in [3.63, 3.8) is 0 Å². The van der Waals surface area contributed by atoms with E-state index < -0.39 is 0 Å². The lowest BCUT2D eigenvalue weighted by atomic mass is 10.1. The number of halogens is 2. The van der Waals surface area contributed by atoms with E-state index in [0.29, 0.717) is 10.6 Å². The van der Waals surface area contributed by atoms with Gasteiger partial charge in [0.2, 0.25) is 5.91 Å². The SMILES string of the molecule is Cl.O=C(CCC(=O)c1ccc(Cl)cc1)NC1CCNC1. The largest absolute Gasteiger partial charge is 0.352 e. The van der Waals surface area contributed by atoms with Crippen LogP contribution in [-0.4, -0.2) is 30.8 Å². The third-order valence-electron chi connectivity index (χ3n) is 3.17. The Bertz CT molecular complexity index is 457. The lowest BCUT2D eigenvalue weighted by molar-refractivity contribution is -0.121. The molecule has 1 aliphatic rings. The predicted molar refractivity (Wildman–Crippen MR) is 81.7 cm³/mol. The second-order valence-electron chi connectivity index (χ2n) is 4.69. The van der Waals surface area contributed by atoms with Crippen molar-refractivity contribution in [2.45, 2.75) is 25.3 Å². The van der Waals surface area contributed by atoms with E-state index in [4.69, 9.17) is 11.6 Å². The Labute approximate surface area is 129 Å². The second kappa shape index (κ2) is 8.25. The van der Waals surface area contributed by atoms with Crippen molar-refractivity contribution in [2.75, 3.05) is 13.1 Å². The molecule has 1 fully saturated rings. The molecule has 1 aromatic carbocycles. The van der Waals surface area contributed by atoms with Gasteiger partial charge in [0.05, 0.1) is 0 Å². The van der Waals surface area contributed by atoms with Crippen molar-refractivity contribution in [1.29, 1.82) is 0 Å². The lowest BCUT2D eigenvalue weighted by Crippen LogP contribution is -2.36. The van der Waals surface area contributed by atoms with Gasteiger partial charge in [-0.2, -0.15) is 0 Å². The summed E-state index contributed by atoms with van der Waals surface area (Å²) < 4.78 is 0. The van der Waals surface area contributed by atoms with Crippen molar-refractivity contribution >= 4 is 35.7 Å². The number of carbonyl (C=O) groups excluding carboxylic acids is 2. The van der Waals surface area contributed by atoms with Crippen LogP contribution in [0.2, 0.25) is 5.02 Å². The van der Waals surface area contributed by atoms with Gasteiger partial charge in [0.15, 0.2) is 5.78 Å². The Kier molecular flexibility index (Phi) is 6.99. The molecular formula is C14H18Cl2N2O2. The van der Waals surface area contributed by atoms with E-state index in [1.807, 2.05) is 0 Å². The van der Waals surface area contributed by atoms with Crippen molar-refractivity contribution in [3.8, 4) is 0 Å². The maximum absolute atomic E-state index is 11.9. The normalized spacial score (nSPS) is 17.4. The summed E-state index contributed by atoms with van der Waals surface area (Å²) in [5, 5.41) is 6.70. The van der Waals surface area contributed by atoms with Crippen LogP contribution < -0.4 is 10.6 Å². The molecule has 1 unspecified atom stereocenters. The fourth-order valence-electron chi connectivity index (χ4n) is 2.08. The van der Waals surface area contributed by atoms with Gasteiger partial charge in [-0.1, -0.05) is 11.6 Å². The summed E-state index contributed by atoms with van der Waals surface area (Å²) in [7, 11) is 0. The lowest BCUT2D eigenvalue weighted by Gasteiger charge is -2.10. The molecule has 1 aliphatic heterocycles. The quantitative estimate of drug-likeness (QED) is 0.819. The van der Waals surface area contributed by atoms with Gasteiger partial charge in [-0.05, 0) is 37.2 Å². The van der Waals surface area contributed by atoms with Gasteiger partial charge in [-0.15, -0.1) is 12.4 Å². The molecule has 1 aromatic rings. The van der Waals surface area contributed by atoms with E-state index in [-0.39, 0.29) is 43.0 Å². The van der Waals surface area contributed by atoms with Crippen LogP contribution in [0.1, 0.15) is 29.6 Å². The summed E-state index contributed by atoms with van der Waals surface area (Å²) >= 11 is 5.76. The molecule has 6 heteroatoms. The average molecular weight is 317 g/mol. The number of rotatable bonds is 5. The second-order valence-corrected chi connectivity index (χ2v) is 5.12. The van der Waals surface area contributed by atoms with Crippen LogP contribution in [-0.2, 0) is 4.79 Å². The van der Waals surface area contributed by atoms with Crippen LogP contribution in [0.5, 0.6) is 0 Å². The van der Waals surface area contributed by atoms with Crippen LogP contribution in [0.15, 0.2) is 24.3 Å². The first kappa shape index (κ1) is 17.0. The highest BCUT2D eigenvalue weighted by molar-refractivity contribution is 6.30. The van der Waals surface area contributed by atoms with Crippen molar-refractivity contribution in [3.05, 3.63) is 34.9 Å². The number of Topliss-reactive ketones (excluding diaryl/α,β-unsaturated/α-hetero) is 1. The zero-order chi connectivity index (χ0) is 13.7. The molecule has 0 spiro atoms. The van der Waals surface area contributed by atoms with Crippen molar-refractivity contribution in [1.82, 2.24) is 10.6 Å². The standard InChI is InChI=1S/C14H17ClN2O2.ClH/c15-11-3-1-10(2-4-11)13(18)5-6-14(19)17-12-7-8-16-9-12;/h1-4,12,16H,5-9H2,(H,17,19);1H. The predicted octanol–water partition coefficient (Wildman–Crippen LogP) is 2.20. The van der Waals surface area contributed by atoms with Gasteiger partial charge in [0.1, 0.15) is 0 Å². The molecule has 1 atom stereocenters. The fourth-order valence-corrected chi connectivity index (χ4v) is 2.21. The summed E-state index contributed by atoms with van der Waals surface area (Å²) in [6.07, 6.45) is 1.42. The third kappa shape index (κ3) is 5.12. The molecule has 110 valence electrons. The smallest absolute Gasteiger partial charge is 0.220 e. The summed E-state index contributed by atoms with van der Waals surface area (Å²) in [5.41, 5.74) is 0.597. The number of benzene rings is 1. The highest BCUT2D eigenvalue weighted by atomic mass is 35.5. The van der Waals surface area contributed by atoms with E-state index in [0.717, 1.165) is 19.5 Å². The maximum atomic E-state index is 11.9. The number of ketones is 1. The van der Waals surface area contributed by atoms with Crippen molar-refractivity contribution < 1.29 is 9.59 Å². The number of hydrogen-bond acceptors (Lipinski definition) is 3. The Balaban J connectivity index is 0.00000200. The van der Waals surface area contributed by atoms with Crippen molar-refractivity contribution in [2.24, 2.45) is 0 Å². The minimum absolute atomic E-state index is 0. The molecule has 1 heterocycles. The van der Waals surface area contributed by atoms with Gasteiger partial charge in [-0.25, -0.2) is 0 Å². The Hall–Kier alpha value is -1.10. The maximum Gasteiger partial charge on any atom is 0.220 e. The minimum Gasteiger partial charge on any atom is -0.352 e. The number of carbonyl (C=O) groups is 2. The zero-order valence-electron chi connectivity index (χ0n) is 11.0. The monoisotopic (exact) mass is 316 g/mol. The molecular weight excluding hydrogens is 299 g/mol. The Morgan fingerprint density at radius 1 is 1.25 bits per heavy atom. The minimum atomic E-state index is -0.0592. The van der Waals surface area contributed by atoms with Gasteiger partial charge in [-0.3, -0.25) is 9.59 Å². The fraction of sp³-hybridized carbons (Fsp3) is 0.429. The number of amides is 1. The molecule has 0 aromatic heterocycles. The van der Waals surface area contributed by atoms with Crippen LogP contribution >= 0.6 is 24.0 Å². The number of hydrogen-bond donors (Lipinski definition) is 2. The zero-order valence-corrected chi connectivity index (χ0v) is 12.6. The summed E-state index contributed by atoms with van der Waals surface area (Å²) in [6, 6.07) is 6.93. The van der Waals surface area contributed by atoms with Crippen LogP contribution in [0.3, 0.4) is 0 Å². The first-order chi connectivity index (χ1) is 9.15. The third-order valence-corrected chi connectivity index (χ3v) is 3.42. The molecule has 0 aliphatic carbocycles. The van der Waals surface area contributed by atoms with Crippen LogP contribution in [0.4, 0.5) is 0 Å². The first-order valence-electron chi connectivity index (χ1n) is 6.44. The molecule has 0 radical (unpaired) electrons. The van der Waals surface area contributed by atoms with E-state index in [1.54, 1.807) is 24.3 Å². The summed E-state index contributed by atoms with van der Waals surface area (Å²) in [6.45, 7) is 1.76. The van der Waals surface area contributed by atoms with E-state index in [1.165, 1.54) is 0 Å². The van der Waals surface area contributed by atoms with Gasteiger partial charge >= 0.3 is 0 Å². The molecule has 0 saturated carbocycles. The van der Waals surface area contributed by atoms with E-state index >= 15 is 0 Å². The molecule has 20 heavy (non-hydrogen) atoms. The topological polar surface area (TPSA) is 58.2 Å². The summed E-state index contributed by atoms with van der Waals surface area (Å²) in [5.74, 6) is -0.0904. The molecule has 2 N–H and O–H groups in total. The molecule has 0 bridgehead atoms. The van der Waals surface area contributed by atoms with Crippen LogP contribution in [0.25, 0.3) is 0 Å². The highest BCUT2D eigenvalue weighted by Gasteiger charge is 2.17. The Morgan fingerprint density at radius 2 is 1.95 bits per heavy atom. The number of nitrogens with one attached hydrogen (secondary N) is 2. The molecule has 1 saturated heterocycles.